The van der Waals surface area contributed by atoms with Gasteiger partial charge in [0.2, 0.25) is 0 Å². The summed E-state index contributed by atoms with van der Waals surface area (Å²) in [4.78, 5) is 23.0. The Hall–Kier alpha value is -1.84. The zero-order valence-electron chi connectivity index (χ0n) is 12.5. The number of rotatable bonds is 5. The van der Waals surface area contributed by atoms with Gasteiger partial charge >= 0.3 is 11.9 Å². The zero-order chi connectivity index (χ0) is 15.3. The number of aryl methyl sites for hydroxylation is 1. The van der Waals surface area contributed by atoms with Crippen LogP contribution in [0.3, 0.4) is 0 Å². The maximum atomic E-state index is 11.7. The van der Waals surface area contributed by atoms with Crippen molar-refractivity contribution in [3.63, 3.8) is 0 Å². The first-order valence-electron chi connectivity index (χ1n) is 6.67. The third-order valence-electron chi connectivity index (χ3n) is 2.79. The van der Waals surface area contributed by atoms with Crippen LogP contribution in [0, 0.1) is 12.8 Å². The third-order valence-corrected chi connectivity index (χ3v) is 2.79. The van der Waals surface area contributed by atoms with Crippen LogP contribution >= 0.6 is 0 Å². The molecule has 0 aliphatic rings. The normalized spacial score (nSPS) is 12.8. The van der Waals surface area contributed by atoms with Gasteiger partial charge in [0.15, 0.2) is 0 Å². The van der Waals surface area contributed by atoms with E-state index in [0.717, 1.165) is 11.1 Å². The highest BCUT2D eigenvalue weighted by Crippen LogP contribution is 2.17. The lowest BCUT2D eigenvalue weighted by molar-refractivity contribution is -0.159. The first-order chi connectivity index (χ1) is 9.17. The summed E-state index contributed by atoms with van der Waals surface area (Å²) in [6, 6.07) is 7.64. The second-order valence-corrected chi connectivity index (χ2v) is 6.02. The molecule has 0 spiro atoms. The van der Waals surface area contributed by atoms with Crippen molar-refractivity contribution >= 4 is 11.9 Å². The highest BCUT2D eigenvalue weighted by molar-refractivity contribution is 5.79. The van der Waals surface area contributed by atoms with Crippen LogP contribution in [0.15, 0.2) is 24.3 Å². The van der Waals surface area contributed by atoms with Crippen LogP contribution < -0.4 is 0 Å². The Bertz CT molecular complexity index is 468. The molecule has 1 atom stereocenters. The summed E-state index contributed by atoms with van der Waals surface area (Å²) in [5.41, 5.74) is 1.43. The first-order valence-corrected chi connectivity index (χ1v) is 6.67. The molecule has 110 valence electrons. The second-order valence-electron chi connectivity index (χ2n) is 6.02. The summed E-state index contributed by atoms with van der Waals surface area (Å²) < 4.78 is 5.17. The number of ether oxygens (including phenoxy) is 1. The van der Waals surface area contributed by atoms with E-state index in [1.54, 1.807) is 20.8 Å². The largest absolute Gasteiger partial charge is 0.481 e. The van der Waals surface area contributed by atoms with Gasteiger partial charge in [-0.3, -0.25) is 9.59 Å². The molecule has 1 N–H and O–H groups in total. The van der Waals surface area contributed by atoms with Crippen LogP contribution in [0.25, 0.3) is 0 Å². The van der Waals surface area contributed by atoms with Crippen molar-refractivity contribution < 1.29 is 19.4 Å². The number of carboxylic acid groups (broad SMARTS) is 1. The van der Waals surface area contributed by atoms with E-state index in [1.807, 2.05) is 31.2 Å². The number of benzene rings is 1. The molecule has 0 aliphatic heterocycles. The molecule has 0 aromatic heterocycles. The predicted octanol–water partition coefficient (Wildman–Crippen LogP) is 2.97. The van der Waals surface area contributed by atoms with Crippen LogP contribution in [0.2, 0.25) is 0 Å². The van der Waals surface area contributed by atoms with Crippen molar-refractivity contribution in [2.75, 3.05) is 0 Å². The molecule has 0 fully saturated rings. The molecule has 0 amide bonds. The molecule has 0 heterocycles. The Balaban J connectivity index is 2.68. The van der Waals surface area contributed by atoms with Crippen LogP contribution in [-0.4, -0.2) is 22.6 Å². The first kappa shape index (κ1) is 16.2. The zero-order valence-corrected chi connectivity index (χ0v) is 12.5. The SMILES string of the molecule is Cc1ccc(CC(CC(=O)OC(C)(C)C)C(=O)O)cc1. The Morgan fingerprint density at radius 3 is 2.20 bits per heavy atom. The number of hydrogen-bond donors (Lipinski definition) is 1. The van der Waals surface area contributed by atoms with Gasteiger partial charge in [0.1, 0.15) is 5.60 Å². The fraction of sp³-hybridized carbons (Fsp3) is 0.500. The molecule has 1 rings (SSSR count). The fourth-order valence-corrected chi connectivity index (χ4v) is 1.84. The molecule has 20 heavy (non-hydrogen) atoms. The van der Waals surface area contributed by atoms with E-state index < -0.39 is 23.5 Å². The lowest BCUT2D eigenvalue weighted by Crippen LogP contribution is -2.28. The standard InChI is InChI=1S/C16H22O4/c1-11-5-7-12(8-6-11)9-13(15(18)19)10-14(17)20-16(2,3)4/h5-8,13H,9-10H2,1-4H3,(H,18,19). The Morgan fingerprint density at radius 1 is 1.20 bits per heavy atom. The minimum absolute atomic E-state index is 0.111. The molecular weight excluding hydrogens is 256 g/mol. The summed E-state index contributed by atoms with van der Waals surface area (Å²) in [6.07, 6.45) is 0.218. The summed E-state index contributed by atoms with van der Waals surface area (Å²) in [6.45, 7) is 7.26. The summed E-state index contributed by atoms with van der Waals surface area (Å²) in [5.74, 6) is -2.21. The minimum Gasteiger partial charge on any atom is -0.481 e. The van der Waals surface area contributed by atoms with Gasteiger partial charge < -0.3 is 9.84 Å². The average molecular weight is 278 g/mol. The highest BCUT2D eigenvalue weighted by Gasteiger charge is 2.25. The molecule has 0 aliphatic carbocycles. The van der Waals surface area contributed by atoms with E-state index >= 15 is 0 Å². The van der Waals surface area contributed by atoms with Gasteiger partial charge in [0.05, 0.1) is 12.3 Å². The van der Waals surface area contributed by atoms with E-state index in [-0.39, 0.29) is 6.42 Å². The van der Waals surface area contributed by atoms with Crippen molar-refractivity contribution in [1.29, 1.82) is 0 Å². The minimum atomic E-state index is -0.976. The molecule has 1 unspecified atom stereocenters. The molecular formula is C16H22O4. The number of hydrogen-bond acceptors (Lipinski definition) is 3. The molecule has 1 aromatic carbocycles. The van der Waals surface area contributed by atoms with E-state index in [1.165, 1.54) is 0 Å². The average Bonchev–Trinajstić information content (AvgIpc) is 2.28. The van der Waals surface area contributed by atoms with E-state index in [4.69, 9.17) is 4.74 Å². The monoisotopic (exact) mass is 278 g/mol. The summed E-state index contributed by atoms with van der Waals surface area (Å²) in [5, 5.41) is 9.23. The number of aliphatic carboxylic acids is 1. The highest BCUT2D eigenvalue weighted by atomic mass is 16.6. The van der Waals surface area contributed by atoms with Crippen molar-refractivity contribution in [2.45, 2.75) is 46.1 Å². The van der Waals surface area contributed by atoms with Crippen molar-refractivity contribution in [1.82, 2.24) is 0 Å². The van der Waals surface area contributed by atoms with Crippen LogP contribution in [0.4, 0.5) is 0 Å². The van der Waals surface area contributed by atoms with Crippen LogP contribution in [0.1, 0.15) is 38.3 Å². The lowest BCUT2D eigenvalue weighted by atomic mass is 9.96. The molecule has 4 nitrogen and oxygen atoms in total. The van der Waals surface area contributed by atoms with E-state index in [2.05, 4.69) is 0 Å². The maximum absolute atomic E-state index is 11.7. The number of carboxylic acids is 1. The van der Waals surface area contributed by atoms with Crippen molar-refractivity contribution in [3.8, 4) is 0 Å². The lowest BCUT2D eigenvalue weighted by Gasteiger charge is -2.21. The Morgan fingerprint density at radius 2 is 1.75 bits per heavy atom. The van der Waals surface area contributed by atoms with Gasteiger partial charge in [-0.1, -0.05) is 29.8 Å². The van der Waals surface area contributed by atoms with Gasteiger partial charge in [-0.05, 0) is 39.7 Å². The van der Waals surface area contributed by atoms with Gasteiger partial charge in [-0.25, -0.2) is 0 Å². The van der Waals surface area contributed by atoms with E-state index in [0.29, 0.717) is 6.42 Å². The number of carbonyl (C=O) groups excluding carboxylic acids is 1. The van der Waals surface area contributed by atoms with Crippen LogP contribution in [0.5, 0.6) is 0 Å². The fourth-order valence-electron chi connectivity index (χ4n) is 1.84. The molecule has 1 aromatic rings. The topological polar surface area (TPSA) is 63.6 Å². The second kappa shape index (κ2) is 6.55. The molecule has 0 saturated carbocycles. The number of carbonyl (C=O) groups is 2. The number of esters is 1. The van der Waals surface area contributed by atoms with Gasteiger partial charge in [-0.2, -0.15) is 0 Å². The quantitative estimate of drug-likeness (QED) is 0.841. The van der Waals surface area contributed by atoms with Gasteiger partial charge in [-0.15, -0.1) is 0 Å². The summed E-state index contributed by atoms with van der Waals surface area (Å²) in [7, 11) is 0. The predicted molar refractivity (Wildman–Crippen MR) is 76.5 cm³/mol. The van der Waals surface area contributed by atoms with Gasteiger partial charge in [0, 0.05) is 0 Å². The molecule has 4 heteroatoms. The van der Waals surface area contributed by atoms with E-state index in [9.17, 15) is 14.7 Å². The smallest absolute Gasteiger partial charge is 0.307 e. The Labute approximate surface area is 119 Å². The van der Waals surface area contributed by atoms with Crippen molar-refractivity contribution in [2.24, 2.45) is 5.92 Å². The maximum Gasteiger partial charge on any atom is 0.307 e. The summed E-state index contributed by atoms with van der Waals surface area (Å²) >= 11 is 0. The molecule has 0 saturated heterocycles. The van der Waals surface area contributed by atoms with Crippen molar-refractivity contribution in [3.05, 3.63) is 35.4 Å². The Kier molecular flexibility index (Phi) is 5.31. The van der Waals surface area contributed by atoms with Crippen LogP contribution in [-0.2, 0) is 20.7 Å². The molecule has 0 radical (unpaired) electrons. The van der Waals surface area contributed by atoms with Gasteiger partial charge in [0.25, 0.3) is 0 Å². The molecule has 0 bridgehead atoms. The third kappa shape index (κ3) is 5.87.